The van der Waals surface area contributed by atoms with Gasteiger partial charge in [0.05, 0.1) is 12.7 Å². The first-order chi connectivity index (χ1) is 8.14. The first kappa shape index (κ1) is 14.9. The van der Waals surface area contributed by atoms with E-state index in [1.165, 1.54) is 0 Å². The number of nitrogens with one attached hydrogen (secondary N) is 1. The summed E-state index contributed by atoms with van der Waals surface area (Å²) >= 11 is 0. The monoisotopic (exact) mass is 245 g/mol. The standard InChI is InChI=1S/C13H27NO3/c1-5-7-13(10-14-8-9-16-13)11(3)17-12(4)15-6-2/h11-12,14H,5-10H2,1-4H3. The van der Waals surface area contributed by atoms with E-state index in [0.717, 1.165) is 32.5 Å². The Bertz CT molecular complexity index is 199. The Hall–Kier alpha value is -0.160. The molecule has 4 heteroatoms. The third kappa shape index (κ3) is 4.21. The van der Waals surface area contributed by atoms with Crippen LogP contribution < -0.4 is 5.32 Å². The molecular weight excluding hydrogens is 218 g/mol. The predicted molar refractivity (Wildman–Crippen MR) is 68.1 cm³/mol. The highest BCUT2D eigenvalue weighted by Crippen LogP contribution is 2.27. The summed E-state index contributed by atoms with van der Waals surface area (Å²) in [5.74, 6) is 0. The number of hydrogen-bond donors (Lipinski definition) is 1. The molecule has 0 amide bonds. The van der Waals surface area contributed by atoms with Gasteiger partial charge in [-0.25, -0.2) is 0 Å². The fourth-order valence-corrected chi connectivity index (χ4v) is 2.41. The lowest BCUT2D eigenvalue weighted by Gasteiger charge is -2.42. The lowest BCUT2D eigenvalue weighted by atomic mass is 9.90. The van der Waals surface area contributed by atoms with Gasteiger partial charge in [-0.05, 0) is 27.2 Å². The number of rotatable bonds is 7. The molecule has 0 aliphatic carbocycles. The maximum absolute atomic E-state index is 6.00. The van der Waals surface area contributed by atoms with E-state index < -0.39 is 0 Å². The number of hydrogen-bond acceptors (Lipinski definition) is 4. The molecule has 0 bridgehead atoms. The van der Waals surface area contributed by atoms with Crippen LogP contribution in [0.25, 0.3) is 0 Å². The van der Waals surface area contributed by atoms with Crippen LogP contribution in [-0.4, -0.2) is 44.3 Å². The van der Waals surface area contributed by atoms with E-state index in [1.54, 1.807) is 0 Å². The van der Waals surface area contributed by atoms with Gasteiger partial charge in [0.1, 0.15) is 5.60 Å². The molecule has 3 unspecified atom stereocenters. The summed E-state index contributed by atoms with van der Waals surface area (Å²) < 4.78 is 17.3. The van der Waals surface area contributed by atoms with Gasteiger partial charge in [0.2, 0.25) is 0 Å². The van der Waals surface area contributed by atoms with Gasteiger partial charge in [0.25, 0.3) is 0 Å². The van der Waals surface area contributed by atoms with Crippen molar-refractivity contribution in [2.24, 2.45) is 0 Å². The zero-order valence-corrected chi connectivity index (χ0v) is 11.6. The van der Waals surface area contributed by atoms with Crippen LogP contribution in [0.1, 0.15) is 40.5 Å². The second-order valence-electron chi connectivity index (χ2n) is 4.64. The zero-order valence-electron chi connectivity index (χ0n) is 11.6. The molecule has 102 valence electrons. The molecule has 17 heavy (non-hydrogen) atoms. The van der Waals surface area contributed by atoms with Crippen LogP contribution in [-0.2, 0) is 14.2 Å². The van der Waals surface area contributed by atoms with Gasteiger partial charge in [-0.1, -0.05) is 13.3 Å². The van der Waals surface area contributed by atoms with E-state index in [9.17, 15) is 0 Å². The Morgan fingerprint density at radius 1 is 1.35 bits per heavy atom. The summed E-state index contributed by atoms with van der Waals surface area (Å²) in [4.78, 5) is 0. The average Bonchev–Trinajstić information content (AvgIpc) is 2.30. The summed E-state index contributed by atoms with van der Waals surface area (Å²) in [6.07, 6.45) is 1.98. The minimum Gasteiger partial charge on any atom is -0.370 e. The Kier molecular flexibility index (Phi) is 6.41. The van der Waals surface area contributed by atoms with Gasteiger partial charge in [-0.15, -0.1) is 0 Å². The molecular formula is C13H27NO3. The van der Waals surface area contributed by atoms with Crippen LogP contribution in [0.2, 0.25) is 0 Å². The highest BCUT2D eigenvalue weighted by atomic mass is 16.7. The van der Waals surface area contributed by atoms with Gasteiger partial charge >= 0.3 is 0 Å². The Morgan fingerprint density at radius 3 is 2.65 bits per heavy atom. The van der Waals surface area contributed by atoms with Crippen LogP contribution in [0.3, 0.4) is 0 Å². The predicted octanol–water partition coefficient (Wildman–Crippen LogP) is 1.93. The maximum atomic E-state index is 6.00. The molecule has 3 atom stereocenters. The third-order valence-corrected chi connectivity index (χ3v) is 3.30. The van der Waals surface area contributed by atoms with Crippen LogP contribution in [0, 0.1) is 0 Å². The third-order valence-electron chi connectivity index (χ3n) is 3.30. The number of ether oxygens (including phenoxy) is 3. The molecule has 1 heterocycles. The summed E-state index contributed by atoms with van der Waals surface area (Å²) in [5.41, 5.74) is -0.196. The van der Waals surface area contributed by atoms with E-state index >= 15 is 0 Å². The van der Waals surface area contributed by atoms with Crippen molar-refractivity contribution >= 4 is 0 Å². The van der Waals surface area contributed by atoms with Crippen LogP contribution in [0.4, 0.5) is 0 Å². The van der Waals surface area contributed by atoms with E-state index in [2.05, 4.69) is 19.2 Å². The molecule has 1 saturated heterocycles. The van der Waals surface area contributed by atoms with Crippen LogP contribution in [0.15, 0.2) is 0 Å². The van der Waals surface area contributed by atoms with Crippen molar-refractivity contribution < 1.29 is 14.2 Å². The molecule has 0 aromatic carbocycles. The topological polar surface area (TPSA) is 39.7 Å². The fraction of sp³-hybridized carbons (Fsp3) is 1.00. The van der Waals surface area contributed by atoms with Gasteiger partial charge in [0, 0.05) is 19.7 Å². The molecule has 1 aliphatic heterocycles. The highest BCUT2D eigenvalue weighted by molar-refractivity contribution is 4.91. The normalized spacial score (nSPS) is 28.9. The minimum atomic E-state index is -0.196. The lowest BCUT2D eigenvalue weighted by molar-refractivity contribution is -0.221. The van der Waals surface area contributed by atoms with Gasteiger partial charge in [-0.3, -0.25) is 0 Å². The second-order valence-corrected chi connectivity index (χ2v) is 4.64. The van der Waals surface area contributed by atoms with Crippen molar-refractivity contribution in [1.29, 1.82) is 0 Å². The van der Waals surface area contributed by atoms with Gasteiger partial charge in [-0.2, -0.15) is 0 Å². The molecule has 0 spiro atoms. The minimum absolute atomic E-state index is 0.0387. The maximum Gasteiger partial charge on any atom is 0.155 e. The molecule has 4 nitrogen and oxygen atoms in total. The Labute approximate surface area is 105 Å². The average molecular weight is 245 g/mol. The van der Waals surface area contributed by atoms with E-state index in [0.29, 0.717) is 6.61 Å². The first-order valence-electron chi connectivity index (χ1n) is 6.76. The molecule has 0 radical (unpaired) electrons. The lowest BCUT2D eigenvalue weighted by Crippen LogP contribution is -2.57. The van der Waals surface area contributed by atoms with Crippen LogP contribution in [0.5, 0.6) is 0 Å². The summed E-state index contributed by atoms with van der Waals surface area (Å²) in [6.45, 7) is 11.4. The molecule has 1 aliphatic rings. The summed E-state index contributed by atoms with van der Waals surface area (Å²) in [6, 6.07) is 0. The van der Waals surface area contributed by atoms with E-state index in [-0.39, 0.29) is 18.0 Å². The van der Waals surface area contributed by atoms with E-state index in [1.807, 2.05) is 13.8 Å². The summed E-state index contributed by atoms with van der Waals surface area (Å²) in [5, 5.41) is 3.40. The SMILES string of the molecule is CCCC1(C(C)OC(C)OCC)CNCCO1. The van der Waals surface area contributed by atoms with Gasteiger partial charge in [0.15, 0.2) is 6.29 Å². The fourth-order valence-electron chi connectivity index (χ4n) is 2.41. The Morgan fingerprint density at radius 2 is 2.12 bits per heavy atom. The molecule has 0 saturated carbocycles. The highest BCUT2D eigenvalue weighted by Gasteiger charge is 2.39. The zero-order chi connectivity index (χ0) is 12.7. The second kappa shape index (κ2) is 7.31. The molecule has 1 fully saturated rings. The Balaban J connectivity index is 2.55. The van der Waals surface area contributed by atoms with Crippen molar-refractivity contribution in [2.75, 3.05) is 26.3 Å². The molecule has 1 rings (SSSR count). The number of morpholine rings is 1. The van der Waals surface area contributed by atoms with Crippen molar-refractivity contribution in [3.63, 3.8) is 0 Å². The molecule has 0 aromatic heterocycles. The smallest absolute Gasteiger partial charge is 0.155 e. The van der Waals surface area contributed by atoms with Crippen molar-refractivity contribution in [2.45, 2.75) is 58.5 Å². The first-order valence-corrected chi connectivity index (χ1v) is 6.76. The van der Waals surface area contributed by atoms with Crippen molar-refractivity contribution in [1.82, 2.24) is 5.32 Å². The van der Waals surface area contributed by atoms with Gasteiger partial charge < -0.3 is 19.5 Å². The summed E-state index contributed by atoms with van der Waals surface area (Å²) in [7, 11) is 0. The van der Waals surface area contributed by atoms with Crippen molar-refractivity contribution in [3.8, 4) is 0 Å². The van der Waals surface area contributed by atoms with Crippen molar-refractivity contribution in [3.05, 3.63) is 0 Å². The van der Waals surface area contributed by atoms with Crippen LogP contribution >= 0.6 is 0 Å². The largest absolute Gasteiger partial charge is 0.370 e. The van der Waals surface area contributed by atoms with E-state index in [4.69, 9.17) is 14.2 Å². The molecule has 1 N–H and O–H groups in total. The molecule has 0 aromatic rings. The quantitative estimate of drug-likeness (QED) is 0.696.